The van der Waals surface area contributed by atoms with Crippen molar-refractivity contribution >= 4 is 22.6 Å². The minimum atomic E-state index is -4.94. The van der Waals surface area contributed by atoms with Gasteiger partial charge in [-0.3, -0.25) is 4.79 Å². The second-order valence-corrected chi connectivity index (χ2v) is 7.42. The number of rotatable bonds is 5. The molecule has 0 unspecified atom stereocenters. The van der Waals surface area contributed by atoms with E-state index in [1.165, 1.54) is 55.6 Å². The molecular formula is C24H15ClF4O4. The molecule has 33 heavy (non-hydrogen) atoms. The zero-order valence-corrected chi connectivity index (χ0v) is 17.8. The van der Waals surface area contributed by atoms with Crippen LogP contribution in [-0.2, 0) is 12.8 Å². The average Bonchev–Trinajstić information content (AvgIpc) is 2.77. The van der Waals surface area contributed by atoms with E-state index in [2.05, 4.69) is 0 Å². The highest BCUT2D eigenvalue weighted by Gasteiger charge is 2.40. The fourth-order valence-corrected chi connectivity index (χ4v) is 3.58. The van der Waals surface area contributed by atoms with E-state index in [-0.39, 0.29) is 39.7 Å². The van der Waals surface area contributed by atoms with Crippen LogP contribution in [0.15, 0.2) is 69.9 Å². The van der Waals surface area contributed by atoms with E-state index in [9.17, 15) is 22.4 Å². The number of hydrogen-bond acceptors (Lipinski definition) is 4. The summed E-state index contributed by atoms with van der Waals surface area (Å²) in [4.78, 5) is 13.1. The molecule has 0 saturated carbocycles. The van der Waals surface area contributed by atoms with E-state index in [0.29, 0.717) is 5.56 Å². The second-order valence-electron chi connectivity index (χ2n) is 7.02. The summed E-state index contributed by atoms with van der Waals surface area (Å²) in [6, 6.07) is 13.6. The van der Waals surface area contributed by atoms with E-state index >= 15 is 0 Å². The number of fused-ring (bicyclic) bond motifs is 1. The maximum atomic E-state index is 13.9. The average molecular weight is 479 g/mol. The summed E-state index contributed by atoms with van der Waals surface area (Å²) in [6.45, 7) is -0.0692. The molecule has 1 aromatic heterocycles. The standard InChI is InChI=1S/C24H15ClF4O4/c1-31-19-5-3-2-4-16(19)21-22(30)17-9-8-15(11-20(17)33-23(21)24(27,28)29)32-12-13-6-7-14(26)10-18(13)25/h2-11H,12H2,1H3. The van der Waals surface area contributed by atoms with Crippen LogP contribution in [0.25, 0.3) is 22.1 Å². The molecule has 0 radical (unpaired) electrons. The van der Waals surface area contributed by atoms with Crippen molar-refractivity contribution in [2.75, 3.05) is 7.11 Å². The maximum Gasteiger partial charge on any atom is 0.450 e. The Morgan fingerprint density at radius 3 is 2.48 bits per heavy atom. The van der Waals surface area contributed by atoms with Crippen molar-refractivity contribution < 1.29 is 31.5 Å². The highest BCUT2D eigenvalue weighted by Crippen LogP contribution is 2.40. The minimum Gasteiger partial charge on any atom is -0.496 e. The molecule has 4 aromatic rings. The van der Waals surface area contributed by atoms with Gasteiger partial charge in [0, 0.05) is 17.2 Å². The van der Waals surface area contributed by atoms with E-state index in [1.54, 1.807) is 6.07 Å². The molecule has 0 aliphatic heterocycles. The van der Waals surface area contributed by atoms with E-state index in [1.807, 2.05) is 0 Å². The number of halogens is 5. The highest BCUT2D eigenvalue weighted by atomic mass is 35.5. The molecule has 0 fully saturated rings. The molecular weight excluding hydrogens is 464 g/mol. The van der Waals surface area contributed by atoms with Crippen LogP contribution in [-0.4, -0.2) is 7.11 Å². The molecule has 0 spiro atoms. The predicted molar refractivity (Wildman–Crippen MR) is 115 cm³/mol. The van der Waals surface area contributed by atoms with Crippen molar-refractivity contribution in [2.45, 2.75) is 12.8 Å². The van der Waals surface area contributed by atoms with Gasteiger partial charge in [-0.15, -0.1) is 0 Å². The normalized spacial score (nSPS) is 11.6. The monoisotopic (exact) mass is 478 g/mol. The third-order valence-corrected chi connectivity index (χ3v) is 5.26. The van der Waals surface area contributed by atoms with Crippen LogP contribution < -0.4 is 14.9 Å². The first kappa shape index (κ1) is 22.7. The smallest absolute Gasteiger partial charge is 0.450 e. The molecule has 9 heteroatoms. The molecule has 1 heterocycles. The van der Waals surface area contributed by atoms with Gasteiger partial charge in [-0.05, 0) is 30.3 Å². The maximum absolute atomic E-state index is 13.9. The van der Waals surface area contributed by atoms with Crippen LogP contribution in [0.2, 0.25) is 5.02 Å². The molecule has 4 rings (SSSR count). The Bertz CT molecular complexity index is 1400. The van der Waals surface area contributed by atoms with E-state index in [4.69, 9.17) is 25.5 Å². The molecule has 0 aliphatic rings. The quantitative estimate of drug-likeness (QED) is 0.294. The Morgan fingerprint density at radius 1 is 1.03 bits per heavy atom. The third kappa shape index (κ3) is 4.52. The molecule has 3 aromatic carbocycles. The summed E-state index contributed by atoms with van der Waals surface area (Å²) < 4.78 is 70.7. The van der Waals surface area contributed by atoms with Gasteiger partial charge in [0.1, 0.15) is 29.5 Å². The number of methoxy groups -OCH3 is 1. The largest absolute Gasteiger partial charge is 0.496 e. The van der Waals surface area contributed by atoms with E-state index < -0.39 is 28.7 Å². The van der Waals surface area contributed by atoms with Gasteiger partial charge < -0.3 is 13.9 Å². The number of para-hydroxylation sites is 1. The summed E-state index contributed by atoms with van der Waals surface area (Å²) in [7, 11) is 1.30. The summed E-state index contributed by atoms with van der Waals surface area (Å²) in [6.07, 6.45) is -4.94. The van der Waals surface area contributed by atoms with Crippen molar-refractivity contribution in [3.05, 3.63) is 93.1 Å². The number of ether oxygens (including phenoxy) is 2. The van der Waals surface area contributed by atoms with Gasteiger partial charge in [0.05, 0.1) is 23.1 Å². The highest BCUT2D eigenvalue weighted by molar-refractivity contribution is 6.31. The van der Waals surface area contributed by atoms with Gasteiger partial charge in [0.25, 0.3) is 0 Å². The summed E-state index contributed by atoms with van der Waals surface area (Å²) >= 11 is 5.97. The van der Waals surface area contributed by atoms with Crippen molar-refractivity contribution in [1.82, 2.24) is 0 Å². The van der Waals surface area contributed by atoms with Gasteiger partial charge in [0.2, 0.25) is 11.2 Å². The molecule has 0 atom stereocenters. The molecule has 0 N–H and O–H groups in total. The lowest BCUT2D eigenvalue weighted by molar-refractivity contribution is -0.152. The van der Waals surface area contributed by atoms with Crippen LogP contribution in [0.5, 0.6) is 11.5 Å². The van der Waals surface area contributed by atoms with Crippen molar-refractivity contribution in [3.8, 4) is 22.6 Å². The van der Waals surface area contributed by atoms with Gasteiger partial charge in [-0.2, -0.15) is 13.2 Å². The van der Waals surface area contributed by atoms with Gasteiger partial charge >= 0.3 is 6.18 Å². The Kier molecular flexibility index (Phi) is 6.03. The van der Waals surface area contributed by atoms with Gasteiger partial charge in [0.15, 0.2) is 0 Å². The van der Waals surface area contributed by atoms with Crippen molar-refractivity contribution in [1.29, 1.82) is 0 Å². The van der Waals surface area contributed by atoms with Crippen molar-refractivity contribution in [2.24, 2.45) is 0 Å². The SMILES string of the molecule is COc1ccccc1-c1c(C(F)(F)F)oc2cc(OCc3ccc(F)cc3Cl)ccc2c1=O. The Hall–Kier alpha value is -3.52. The number of hydrogen-bond donors (Lipinski definition) is 0. The predicted octanol–water partition coefficient (Wildman–Crippen LogP) is 6.86. The Labute approximate surface area is 189 Å². The molecule has 0 amide bonds. The lowest BCUT2D eigenvalue weighted by Gasteiger charge is -2.15. The summed E-state index contributed by atoms with van der Waals surface area (Å²) in [5.74, 6) is -1.71. The van der Waals surface area contributed by atoms with Crippen LogP contribution in [0.4, 0.5) is 17.6 Å². The topological polar surface area (TPSA) is 48.7 Å². The zero-order valence-electron chi connectivity index (χ0n) is 17.0. The second kappa shape index (κ2) is 8.78. The molecule has 170 valence electrons. The fourth-order valence-electron chi connectivity index (χ4n) is 3.36. The lowest BCUT2D eigenvalue weighted by atomic mass is 10.0. The van der Waals surface area contributed by atoms with Crippen molar-refractivity contribution in [3.63, 3.8) is 0 Å². The summed E-state index contributed by atoms with van der Waals surface area (Å²) in [5.41, 5.74) is -1.36. The Balaban J connectivity index is 1.81. The van der Waals surface area contributed by atoms with Crippen LogP contribution in [0.3, 0.4) is 0 Å². The molecule has 0 bridgehead atoms. The van der Waals surface area contributed by atoms with E-state index in [0.717, 1.165) is 6.07 Å². The molecule has 0 aliphatic carbocycles. The first-order chi connectivity index (χ1) is 15.7. The van der Waals surface area contributed by atoms with Crippen LogP contribution in [0.1, 0.15) is 11.3 Å². The van der Waals surface area contributed by atoms with Gasteiger partial charge in [-0.1, -0.05) is 35.9 Å². The minimum absolute atomic E-state index is 0.0331. The fraction of sp³-hybridized carbons (Fsp3) is 0.125. The zero-order chi connectivity index (χ0) is 23.8. The number of benzene rings is 3. The summed E-state index contributed by atoms with van der Waals surface area (Å²) in [5, 5.41) is 0.0826. The first-order valence-corrected chi connectivity index (χ1v) is 9.95. The van der Waals surface area contributed by atoms with Gasteiger partial charge in [-0.25, -0.2) is 4.39 Å². The molecule has 0 saturated heterocycles. The third-order valence-electron chi connectivity index (χ3n) is 4.91. The molecule has 4 nitrogen and oxygen atoms in total. The Morgan fingerprint density at radius 2 is 1.79 bits per heavy atom. The van der Waals surface area contributed by atoms with Crippen LogP contribution >= 0.6 is 11.6 Å². The lowest BCUT2D eigenvalue weighted by Crippen LogP contribution is -2.16. The number of alkyl halides is 3. The first-order valence-electron chi connectivity index (χ1n) is 9.57. The van der Waals surface area contributed by atoms with Crippen LogP contribution in [0, 0.1) is 5.82 Å².